The van der Waals surface area contributed by atoms with Crippen molar-refractivity contribution in [2.75, 3.05) is 49.5 Å². The Morgan fingerprint density at radius 1 is 1.13 bits per heavy atom. The zero-order chi connectivity index (χ0) is 32.0. The summed E-state index contributed by atoms with van der Waals surface area (Å²) in [5.41, 5.74) is 10.2. The summed E-state index contributed by atoms with van der Waals surface area (Å²) in [6.45, 7) is 9.60. The van der Waals surface area contributed by atoms with Gasteiger partial charge in [-0.3, -0.25) is 29.6 Å². The Morgan fingerprint density at radius 3 is 2.74 bits per heavy atom. The van der Waals surface area contributed by atoms with Crippen LogP contribution in [0.1, 0.15) is 18.9 Å². The van der Waals surface area contributed by atoms with Crippen molar-refractivity contribution in [3.63, 3.8) is 0 Å². The highest BCUT2D eigenvalue weighted by atomic mass is 16.2. The van der Waals surface area contributed by atoms with E-state index in [1.807, 2.05) is 47.4 Å². The summed E-state index contributed by atoms with van der Waals surface area (Å²) in [5, 5.41) is 11.5. The van der Waals surface area contributed by atoms with Crippen LogP contribution in [-0.4, -0.2) is 93.3 Å². The van der Waals surface area contributed by atoms with Crippen molar-refractivity contribution in [3.8, 4) is 11.3 Å². The SMILES string of the molecule is C=C(/N=C\C=C/N)c1ccc(N2CCN(C(=O)CN3CC[C@@H](C(=O)Nc4ccc5[nH]nc(-c6ccncc6)c5c4)C3)[C@H](C)C2)nc1. The third-order valence-electron chi connectivity index (χ3n) is 8.57. The summed E-state index contributed by atoms with van der Waals surface area (Å²) >= 11 is 0. The number of nitrogens with one attached hydrogen (secondary N) is 2. The molecule has 2 amide bonds. The number of likely N-dealkylation sites (tertiary alicyclic amines) is 1. The van der Waals surface area contributed by atoms with Crippen LogP contribution in [0.2, 0.25) is 0 Å². The molecule has 236 valence electrons. The molecule has 2 atom stereocenters. The van der Waals surface area contributed by atoms with Gasteiger partial charge in [0.2, 0.25) is 11.8 Å². The van der Waals surface area contributed by atoms with Crippen LogP contribution in [0.5, 0.6) is 0 Å². The summed E-state index contributed by atoms with van der Waals surface area (Å²) in [6.07, 6.45) is 10.6. The van der Waals surface area contributed by atoms with E-state index in [-0.39, 0.29) is 23.8 Å². The van der Waals surface area contributed by atoms with Crippen molar-refractivity contribution in [3.05, 3.63) is 85.5 Å². The lowest BCUT2D eigenvalue weighted by Crippen LogP contribution is -2.56. The number of allylic oxidation sites excluding steroid dienone is 1. The van der Waals surface area contributed by atoms with Crippen LogP contribution in [-0.2, 0) is 9.59 Å². The molecular weight excluding hydrogens is 580 g/mol. The topological polar surface area (TPSA) is 149 Å². The fourth-order valence-corrected chi connectivity index (χ4v) is 6.08. The second-order valence-corrected chi connectivity index (χ2v) is 11.7. The molecule has 0 radical (unpaired) electrons. The second kappa shape index (κ2) is 13.7. The van der Waals surface area contributed by atoms with Crippen molar-refractivity contribution in [2.45, 2.75) is 19.4 Å². The Hall–Kier alpha value is -5.36. The highest BCUT2D eigenvalue weighted by Gasteiger charge is 2.33. The van der Waals surface area contributed by atoms with Crippen LogP contribution in [0, 0.1) is 5.92 Å². The molecule has 2 fully saturated rings. The summed E-state index contributed by atoms with van der Waals surface area (Å²) < 4.78 is 0. The number of hydrogen-bond donors (Lipinski definition) is 3. The number of hydrogen-bond acceptors (Lipinski definition) is 9. The quantitative estimate of drug-likeness (QED) is 0.241. The summed E-state index contributed by atoms with van der Waals surface area (Å²) in [4.78, 5) is 45.7. The van der Waals surface area contributed by atoms with Crippen molar-refractivity contribution in [1.82, 2.24) is 30.0 Å². The third-order valence-corrected chi connectivity index (χ3v) is 8.57. The zero-order valence-electron chi connectivity index (χ0n) is 25.8. The summed E-state index contributed by atoms with van der Waals surface area (Å²) in [5.74, 6) is 0.725. The van der Waals surface area contributed by atoms with Gasteiger partial charge in [-0.1, -0.05) is 6.58 Å². The largest absolute Gasteiger partial charge is 0.405 e. The monoisotopic (exact) mass is 618 g/mol. The van der Waals surface area contributed by atoms with Gasteiger partial charge in [0.15, 0.2) is 0 Å². The minimum absolute atomic E-state index is 0.0296. The van der Waals surface area contributed by atoms with Gasteiger partial charge in [-0.25, -0.2) is 4.98 Å². The number of carbonyl (C=O) groups is 2. The van der Waals surface area contributed by atoms with E-state index in [0.29, 0.717) is 51.4 Å². The number of carbonyl (C=O) groups excluding carboxylic acids is 2. The minimum Gasteiger partial charge on any atom is -0.405 e. The van der Waals surface area contributed by atoms with E-state index in [1.54, 1.807) is 30.9 Å². The van der Waals surface area contributed by atoms with Crippen molar-refractivity contribution in [1.29, 1.82) is 0 Å². The van der Waals surface area contributed by atoms with E-state index < -0.39 is 0 Å². The van der Waals surface area contributed by atoms with Gasteiger partial charge in [0, 0.05) is 79.2 Å². The van der Waals surface area contributed by atoms with E-state index in [2.05, 4.69) is 53.8 Å². The lowest BCUT2D eigenvalue weighted by atomic mass is 10.1. The Morgan fingerprint density at radius 2 is 1.98 bits per heavy atom. The smallest absolute Gasteiger partial charge is 0.237 e. The van der Waals surface area contributed by atoms with Crippen LogP contribution >= 0.6 is 0 Å². The molecule has 4 N–H and O–H groups in total. The molecule has 5 heterocycles. The lowest BCUT2D eigenvalue weighted by Gasteiger charge is -2.41. The highest BCUT2D eigenvalue weighted by Crippen LogP contribution is 2.29. The molecule has 12 heteroatoms. The standard InChI is InChI=1S/C34H38N10O2/c1-23-20-43(31-7-4-26(19-38-31)24(2)37-12-3-11-35)16-17-44(23)32(45)22-42-15-10-27(21-42)34(46)39-28-5-6-30-29(18-28)33(41-40-30)25-8-13-36-14-9-25/h3-9,11-14,18-19,23,27H,2,10,15-17,20-22,35H2,1H3,(H,39,46)(H,40,41)/b11-3-,37-12-/t23-,27-/m1/s1. The molecule has 46 heavy (non-hydrogen) atoms. The predicted molar refractivity (Wildman–Crippen MR) is 181 cm³/mol. The number of H-pyrrole nitrogens is 1. The number of benzene rings is 1. The number of amides is 2. The maximum Gasteiger partial charge on any atom is 0.237 e. The van der Waals surface area contributed by atoms with E-state index in [1.165, 1.54) is 6.20 Å². The average molecular weight is 619 g/mol. The first kappa shape index (κ1) is 30.7. The molecule has 2 saturated heterocycles. The zero-order valence-corrected chi connectivity index (χ0v) is 25.8. The third kappa shape index (κ3) is 6.81. The van der Waals surface area contributed by atoms with E-state index in [0.717, 1.165) is 39.2 Å². The fourth-order valence-electron chi connectivity index (χ4n) is 6.08. The van der Waals surface area contributed by atoms with Crippen LogP contribution in [0.3, 0.4) is 0 Å². The highest BCUT2D eigenvalue weighted by molar-refractivity contribution is 5.99. The number of aromatic amines is 1. The molecule has 0 saturated carbocycles. The number of rotatable bonds is 9. The number of aliphatic imine (C=N–C) groups is 1. The maximum absolute atomic E-state index is 13.4. The fraction of sp³-hybridized carbons (Fsp3) is 0.294. The molecule has 12 nitrogen and oxygen atoms in total. The molecule has 3 aromatic heterocycles. The first-order valence-corrected chi connectivity index (χ1v) is 15.4. The van der Waals surface area contributed by atoms with E-state index in [4.69, 9.17) is 5.73 Å². The molecule has 6 rings (SSSR count). The number of piperazine rings is 1. The first-order valence-electron chi connectivity index (χ1n) is 15.4. The molecule has 2 aliphatic heterocycles. The lowest BCUT2D eigenvalue weighted by molar-refractivity contribution is -0.134. The van der Waals surface area contributed by atoms with Crippen molar-refractivity contribution < 1.29 is 9.59 Å². The minimum atomic E-state index is -0.185. The molecule has 1 aromatic carbocycles. The molecule has 0 aliphatic carbocycles. The molecule has 0 spiro atoms. The number of nitrogens with two attached hydrogens (primary N) is 1. The Balaban J connectivity index is 0.995. The molecule has 0 unspecified atom stereocenters. The summed E-state index contributed by atoms with van der Waals surface area (Å²) in [6, 6.07) is 13.5. The van der Waals surface area contributed by atoms with Crippen LogP contribution in [0.25, 0.3) is 27.9 Å². The normalized spacial score (nSPS) is 19.0. The van der Waals surface area contributed by atoms with Crippen LogP contribution in [0.15, 0.2) is 84.9 Å². The molecule has 2 aliphatic rings. The average Bonchev–Trinajstić information content (AvgIpc) is 3.72. The number of aromatic nitrogens is 4. The van der Waals surface area contributed by atoms with Gasteiger partial charge in [0.25, 0.3) is 0 Å². The molecule has 0 bridgehead atoms. The number of fused-ring (bicyclic) bond motifs is 1. The number of nitrogens with zero attached hydrogens (tertiary/aromatic N) is 7. The van der Waals surface area contributed by atoms with E-state index >= 15 is 0 Å². The van der Waals surface area contributed by atoms with Gasteiger partial charge in [0.1, 0.15) is 11.5 Å². The Bertz CT molecular complexity index is 1770. The Kier molecular flexibility index (Phi) is 9.15. The second-order valence-electron chi connectivity index (χ2n) is 11.7. The van der Waals surface area contributed by atoms with Crippen LogP contribution in [0.4, 0.5) is 11.5 Å². The first-order chi connectivity index (χ1) is 22.4. The summed E-state index contributed by atoms with van der Waals surface area (Å²) in [7, 11) is 0. The number of anilines is 2. The van der Waals surface area contributed by atoms with Gasteiger partial charge >= 0.3 is 0 Å². The maximum atomic E-state index is 13.4. The van der Waals surface area contributed by atoms with Gasteiger partial charge in [-0.05, 0) is 74.6 Å². The van der Waals surface area contributed by atoms with Gasteiger partial charge in [-0.15, -0.1) is 0 Å². The van der Waals surface area contributed by atoms with Gasteiger partial charge in [0.05, 0.1) is 23.7 Å². The van der Waals surface area contributed by atoms with Gasteiger partial charge < -0.3 is 20.9 Å². The molecular formula is C34H38N10O2. The van der Waals surface area contributed by atoms with Gasteiger partial charge in [-0.2, -0.15) is 5.10 Å². The van der Waals surface area contributed by atoms with E-state index in [9.17, 15) is 9.59 Å². The van der Waals surface area contributed by atoms with Crippen LogP contribution < -0.4 is 16.0 Å². The van der Waals surface area contributed by atoms with Crippen molar-refractivity contribution >= 4 is 46.1 Å². The van der Waals surface area contributed by atoms with Crippen molar-refractivity contribution in [2.24, 2.45) is 16.6 Å². The number of pyridine rings is 2. The predicted octanol–water partition coefficient (Wildman–Crippen LogP) is 3.53. The molecule has 4 aromatic rings. The Labute approximate surface area is 267 Å².